The van der Waals surface area contributed by atoms with Gasteiger partial charge in [0, 0.05) is 32.0 Å². The third-order valence-electron chi connectivity index (χ3n) is 2.44. The van der Waals surface area contributed by atoms with E-state index in [-0.39, 0.29) is 0 Å². The predicted octanol–water partition coefficient (Wildman–Crippen LogP) is 1.62. The highest BCUT2D eigenvalue weighted by atomic mass is 16.1. The van der Waals surface area contributed by atoms with Gasteiger partial charge < -0.3 is 0 Å². The highest BCUT2D eigenvalue weighted by molar-refractivity contribution is 5.79. The lowest BCUT2D eigenvalue weighted by molar-refractivity contribution is -0.122. The quantitative estimate of drug-likeness (QED) is 0.595. The average molecular weight is 167 g/mol. The largest absolute Gasteiger partial charge is 0.300 e. The van der Waals surface area contributed by atoms with Crippen LogP contribution in [-0.2, 0) is 4.79 Å². The van der Waals surface area contributed by atoms with E-state index in [1.54, 1.807) is 0 Å². The molecular weight excluding hydrogens is 150 g/mol. The van der Waals surface area contributed by atoms with Crippen molar-refractivity contribution in [3.05, 3.63) is 12.7 Å². The summed E-state index contributed by atoms with van der Waals surface area (Å²) in [6.45, 7) is 7.81. The zero-order valence-corrected chi connectivity index (χ0v) is 7.75. The molecule has 0 aromatic heterocycles. The lowest BCUT2D eigenvalue weighted by Crippen LogP contribution is -2.41. The summed E-state index contributed by atoms with van der Waals surface area (Å²) in [5.41, 5.74) is 0. The maximum Gasteiger partial charge on any atom is 0.135 e. The second-order valence-electron chi connectivity index (χ2n) is 3.46. The summed E-state index contributed by atoms with van der Waals surface area (Å²) in [6, 6.07) is 0.436. The van der Waals surface area contributed by atoms with Gasteiger partial charge in [0.2, 0.25) is 0 Å². The van der Waals surface area contributed by atoms with Crippen LogP contribution in [0.5, 0.6) is 0 Å². The van der Waals surface area contributed by atoms with Gasteiger partial charge in [-0.3, -0.25) is 9.69 Å². The smallest absolute Gasteiger partial charge is 0.135 e. The third kappa shape index (κ3) is 2.45. The molecule has 1 fully saturated rings. The number of nitrogens with zero attached hydrogens (tertiary/aromatic N) is 1. The van der Waals surface area contributed by atoms with Gasteiger partial charge in [-0.25, -0.2) is 0 Å². The Kier molecular flexibility index (Phi) is 3.48. The van der Waals surface area contributed by atoms with Crippen LogP contribution >= 0.6 is 0 Å². The van der Waals surface area contributed by atoms with Crippen molar-refractivity contribution in [2.75, 3.05) is 13.1 Å². The Labute approximate surface area is 74.2 Å². The fraction of sp³-hybridized carbons (Fsp3) is 0.700. The summed E-state index contributed by atoms with van der Waals surface area (Å²) in [4.78, 5) is 13.4. The Morgan fingerprint density at radius 2 is 2.50 bits per heavy atom. The number of Topliss-reactive ketones (excluding diaryl/α,β-unsaturated/α-hetero) is 1. The highest BCUT2D eigenvalue weighted by Gasteiger charge is 2.22. The van der Waals surface area contributed by atoms with E-state index in [1.807, 2.05) is 6.08 Å². The molecular formula is C10H17NO. The topological polar surface area (TPSA) is 20.3 Å². The van der Waals surface area contributed by atoms with Gasteiger partial charge in [0.25, 0.3) is 0 Å². The number of carbonyl (C=O) groups is 1. The van der Waals surface area contributed by atoms with Gasteiger partial charge in [-0.2, -0.15) is 0 Å². The molecule has 2 nitrogen and oxygen atoms in total. The van der Waals surface area contributed by atoms with Crippen LogP contribution in [0.4, 0.5) is 0 Å². The summed E-state index contributed by atoms with van der Waals surface area (Å²) >= 11 is 0. The van der Waals surface area contributed by atoms with Crippen LogP contribution in [0.3, 0.4) is 0 Å². The molecule has 1 aliphatic heterocycles. The standard InChI is InChI=1S/C10H17NO/c1-3-4-6-11-7-5-10(12)8-9(11)2/h3,9H,1,4-8H2,2H3. The molecule has 1 rings (SSSR count). The Balaban J connectivity index is 2.34. The molecule has 2 heteroatoms. The maximum atomic E-state index is 11.0. The van der Waals surface area contributed by atoms with Gasteiger partial charge in [0.15, 0.2) is 0 Å². The summed E-state index contributed by atoms with van der Waals surface area (Å²) in [5, 5.41) is 0. The highest BCUT2D eigenvalue weighted by Crippen LogP contribution is 2.13. The first-order valence-electron chi connectivity index (χ1n) is 4.60. The van der Waals surface area contributed by atoms with Crippen molar-refractivity contribution in [1.29, 1.82) is 0 Å². The Hall–Kier alpha value is -0.630. The van der Waals surface area contributed by atoms with E-state index < -0.39 is 0 Å². The van der Waals surface area contributed by atoms with Crippen molar-refractivity contribution >= 4 is 5.78 Å². The average Bonchev–Trinajstić information content (AvgIpc) is 2.03. The number of rotatable bonds is 3. The molecule has 0 spiro atoms. The third-order valence-corrected chi connectivity index (χ3v) is 2.44. The Morgan fingerprint density at radius 3 is 3.08 bits per heavy atom. The maximum absolute atomic E-state index is 11.0. The Morgan fingerprint density at radius 1 is 1.75 bits per heavy atom. The van der Waals surface area contributed by atoms with Gasteiger partial charge >= 0.3 is 0 Å². The second-order valence-corrected chi connectivity index (χ2v) is 3.46. The molecule has 1 atom stereocenters. The fourth-order valence-corrected chi connectivity index (χ4v) is 1.64. The molecule has 0 N–H and O–H groups in total. The minimum Gasteiger partial charge on any atom is -0.300 e. The zero-order valence-electron chi connectivity index (χ0n) is 7.75. The van der Waals surface area contributed by atoms with E-state index in [0.717, 1.165) is 32.4 Å². The number of piperidine rings is 1. The van der Waals surface area contributed by atoms with Crippen molar-refractivity contribution in [1.82, 2.24) is 4.90 Å². The normalized spacial score (nSPS) is 25.8. The molecule has 0 saturated carbocycles. The summed E-state index contributed by atoms with van der Waals surface area (Å²) in [7, 11) is 0. The first kappa shape index (κ1) is 9.46. The van der Waals surface area contributed by atoms with Crippen molar-refractivity contribution < 1.29 is 4.79 Å². The van der Waals surface area contributed by atoms with E-state index in [4.69, 9.17) is 0 Å². The van der Waals surface area contributed by atoms with Crippen LogP contribution < -0.4 is 0 Å². The van der Waals surface area contributed by atoms with E-state index in [2.05, 4.69) is 18.4 Å². The van der Waals surface area contributed by atoms with Crippen LogP contribution in [0.15, 0.2) is 12.7 Å². The van der Waals surface area contributed by atoms with Gasteiger partial charge in [0.1, 0.15) is 5.78 Å². The molecule has 0 amide bonds. The molecule has 0 radical (unpaired) electrons. The zero-order chi connectivity index (χ0) is 8.97. The lowest BCUT2D eigenvalue weighted by atomic mass is 10.0. The molecule has 0 aromatic carbocycles. The first-order valence-corrected chi connectivity index (χ1v) is 4.60. The second kappa shape index (κ2) is 4.41. The molecule has 1 aliphatic rings. The van der Waals surface area contributed by atoms with Crippen LogP contribution in [0.2, 0.25) is 0 Å². The van der Waals surface area contributed by atoms with Crippen molar-refractivity contribution in [3.63, 3.8) is 0 Å². The van der Waals surface area contributed by atoms with Crippen molar-refractivity contribution in [3.8, 4) is 0 Å². The van der Waals surface area contributed by atoms with E-state index in [9.17, 15) is 4.79 Å². The number of carbonyl (C=O) groups excluding carboxylic acids is 1. The van der Waals surface area contributed by atoms with Gasteiger partial charge in [-0.05, 0) is 13.3 Å². The van der Waals surface area contributed by atoms with Gasteiger partial charge in [0.05, 0.1) is 0 Å². The van der Waals surface area contributed by atoms with Crippen molar-refractivity contribution in [2.45, 2.75) is 32.2 Å². The van der Waals surface area contributed by atoms with Gasteiger partial charge in [-0.1, -0.05) is 6.08 Å². The summed E-state index contributed by atoms with van der Waals surface area (Å²) in [5.74, 6) is 0.414. The lowest BCUT2D eigenvalue weighted by Gasteiger charge is -2.32. The van der Waals surface area contributed by atoms with Crippen LogP contribution in [0.1, 0.15) is 26.2 Å². The van der Waals surface area contributed by atoms with Gasteiger partial charge in [-0.15, -0.1) is 6.58 Å². The molecule has 0 aliphatic carbocycles. The van der Waals surface area contributed by atoms with Crippen LogP contribution in [-0.4, -0.2) is 29.8 Å². The summed E-state index contributed by atoms with van der Waals surface area (Å²) < 4.78 is 0. The molecule has 0 aromatic rings. The molecule has 1 unspecified atom stereocenters. The number of hydrogen-bond donors (Lipinski definition) is 0. The number of ketones is 1. The van der Waals surface area contributed by atoms with Crippen molar-refractivity contribution in [2.24, 2.45) is 0 Å². The molecule has 68 valence electrons. The van der Waals surface area contributed by atoms with Crippen LogP contribution in [0.25, 0.3) is 0 Å². The first-order chi connectivity index (χ1) is 5.74. The number of hydrogen-bond acceptors (Lipinski definition) is 2. The molecule has 1 saturated heterocycles. The Bertz CT molecular complexity index is 175. The minimum absolute atomic E-state index is 0.414. The monoisotopic (exact) mass is 167 g/mol. The molecule has 0 bridgehead atoms. The van der Waals surface area contributed by atoms with E-state index in [0.29, 0.717) is 11.8 Å². The fourth-order valence-electron chi connectivity index (χ4n) is 1.64. The van der Waals surface area contributed by atoms with Crippen LogP contribution in [0, 0.1) is 0 Å². The van der Waals surface area contributed by atoms with E-state index in [1.165, 1.54) is 0 Å². The molecule has 1 heterocycles. The molecule has 12 heavy (non-hydrogen) atoms. The number of likely N-dealkylation sites (tertiary alicyclic amines) is 1. The predicted molar refractivity (Wildman–Crippen MR) is 50.1 cm³/mol. The SMILES string of the molecule is C=CCCN1CCC(=O)CC1C. The minimum atomic E-state index is 0.414. The van der Waals surface area contributed by atoms with E-state index >= 15 is 0 Å². The summed E-state index contributed by atoms with van der Waals surface area (Å²) in [6.07, 6.45) is 4.43.